The molecule has 5 heteroatoms. The molecular weight excluding hydrogens is 269 g/mol. The van der Waals surface area contributed by atoms with E-state index in [1.807, 2.05) is 24.3 Å². The molecule has 2 aromatic carbocycles. The molecule has 0 fully saturated rings. The molecule has 0 radical (unpaired) electrons. The zero-order valence-corrected chi connectivity index (χ0v) is 11.0. The number of hydrogen-bond donors (Lipinski definition) is 1. The Morgan fingerprint density at radius 2 is 1.81 bits per heavy atom. The van der Waals surface area contributed by atoms with Crippen LogP contribution in [0.2, 0.25) is 0 Å². The van der Waals surface area contributed by atoms with Crippen LogP contribution in [0.4, 0.5) is 10.1 Å². The van der Waals surface area contributed by atoms with Gasteiger partial charge >= 0.3 is 0 Å². The molecule has 0 aliphatic rings. The molecule has 1 aromatic heterocycles. The molecule has 0 aliphatic carbocycles. The third-order valence-corrected chi connectivity index (χ3v) is 2.88. The molecule has 0 atom stereocenters. The zero-order chi connectivity index (χ0) is 14.5. The number of halogens is 1. The Kier molecular flexibility index (Phi) is 3.73. The van der Waals surface area contributed by atoms with Gasteiger partial charge in [-0.3, -0.25) is 5.43 Å². The molecule has 4 nitrogen and oxygen atoms in total. The maximum Gasteiger partial charge on any atom is 0.181 e. The standard InChI is InChI=1S/C16H12FN3O/c17-14-5-1-12(2-6-14)9-19-20-15-7-3-13(4-8-15)16-10-18-11-21-16/h1-11,20H/b19-9+. The van der Waals surface area contributed by atoms with Gasteiger partial charge in [0.25, 0.3) is 0 Å². The molecule has 0 aliphatic heterocycles. The van der Waals surface area contributed by atoms with Crippen LogP contribution in [0.25, 0.3) is 11.3 Å². The normalized spacial score (nSPS) is 10.9. The summed E-state index contributed by atoms with van der Waals surface area (Å²) in [6, 6.07) is 13.7. The van der Waals surface area contributed by atoms with E-state index >= 15 is 0 Å². The summed E-state index contributed by atoms with van der Waals surface area (Å²) in [5, 5.41) is 4.10. The fourth-order valence-corrected chi connectivity index (χ4v) is 1.80. The van der Waals surface area contributed by atoms with Crippen LogP contribution in [0, 0.1) is 5.82 Å². The van der Waals surface area contributed by atoms with Gasteiger partial charge in [-0.2, -0.15) is 5.10 Å². The van der Waals surface area contributed by atoms with Gasteiger partial charge in [0.2, 0.25) is 0 Å². The van der Waals surface area contributed by atoms with Crippen LogP contribution in [0.1, 0.15) is 5.56 Å². The van der Waals surface area contributed by atoms with Crippen LogP contribution in [0.5, 0.6) is 0 Å². The number of rotatable bonds is 4. The van der Waals surface area contributed by atoms with Crippen molar-refractivity contribution in [2.75, 3.05) is 5.43 Å². The quantitative estimate of drug-likeness (QED) is 0.582. The minimum Gasteiger partial charge on any atom is -0.444 e. The highest BCUT2D eigenvalue weighted by Crippen LogP contribution is 2.20. The number of benzene rings is 2. The molecular formula is C16H12FN3O. The van der Waals surface area contributed by atoms with E-state index < -0.39 is 0 Å². The van der Waals surface area contributed by atoms with E-state index in [4.69, 9.17) is 4.42 Å². The second-order valence-electron chi connectivity index (χ2n) is 4.36. The van der Waals surface area contributed by atoms with Crippen LogP contribution in [-0.2, 0) is 0 Å². The maximum atomic E-state index is 12.8. The van der Waals surface area contributed by atoms with E-state index in [1.54, 1.807) is 24.5 Å². The van der Waals surface area contributed by atoms with Crippen molar-refractivity contribution in [2.24, 2.45) is 5.10 Å². The van der Waals surface area contributed by atoms with Crippen molar-refractivity contribution in [3.8, 4) is 11.3 Å². The zero-order valence-electron chi connectivity index (χ0n) is 11.0. The van der Waals surface area contributed by atoms with Gasteiger partial charge in [-0.1, -0.05) is 12.1 Å². The summed E-state index contributed by atoms with van der Waals surface area (Å²) in [6.07, 6.45) is 4.69. The molecule has 0 bridgehead atoms. The first kappa shape index (κ1) is 13.1. The van der Waals surface area contributed by atoms with Crippen molar-refractivity contribution in [1.29, 1.82) is 0 Å². The SMILES string of the molecule is Fc1ccc(/C=N/Nc2ccc(-c3cnco3)cc2)cc1. The Bertz CT molecular complexity index is 719. The van der Waals surface area contributed by atoms with E-state index in [0.29, 0.717) is 0 Å². The summed E-state index contributed by atoms with van der Waals surface area (Å²) in [5.74, 6) is 0.458. The lowest BCUT2D eigenvalue weighted by Crippen LogP contribution is -1.90. The summed E-state index contributed by atoms with van der Waals surface area (Å²) in [6.45, 7) is 0. The monoisotopic (exact) mass is 281 g/mol. The first-order chi connectivity index (χ1) is 10.3. The van der Waals surface area contributed by atoms with Crippen molar-refractivity contribution < 1.29 is 8.81 Å². The Morgan fingerprint density at radius 3 is 2.48 bits per heavy atom. The van der Waals surface area contributed by atoms with Gasteiger partial charge in [0.05, 0.1) is 18.1 Å². The molecule has 0 amide bonds. The number of hydrogen-bond acceptors (Lipinski definition) is 4. The van der Waals surface area contributed by atoms with E-state index in [1.165, 1.54) is 18.5 Å². The van der Waals surface area contributed by atoms with Crippen molar-refractivity contribution in [3.05, 3.63) is 72.5 Å². The number of anilines is 1. The molecule has 104 valence electrons. The lowest BCUT2D eigenvalue weighted by molar-refractivity contribution is 0.572. The van der Waals surface area contributed by atoms with Crippen LogP contribution in [0.15, 0.2) is 70.6 Å². The van der Waals surface area contributed by atoms with Gasteiger partial charge in [0.15, 0.2) is 12.2 Å². The average Bonchev–Trinajstić information content (AvgIpc) is 3.04. The summed E-state index contributed by atoms with van der Waals surface area (Å²) >= 11 is 0. The number of nitrogens with zero attached hydrogens (tertiary/aromatic N) is 2. The summed E-state index contributed by atoms with van der Waals surface area (Å²) in [7, 11) is 0. The highest BCUT2D eigenvalue weighted by atomic mass is 19.1. The average molecular weight is 281 g/mol. The fraction of sp³-hybridized carbons (Fsp3) is 0. The minimum atomic E-state index is -0.261. The van der Waals surface area contributed by atoms with Gasteiger partial charge in [0.1, 0.15) is 5.82 Å². The molecule has 0 saturated heterocycles. The van der Waals surface area contributed by atoms with E-state index in [2.05, 4.69) is 15.5 Å². The molecule has 0 unspecified atom stereocenters. The van der Waals surface area contributed by atoms with Gasteiger partial charge in [0, 0.05) is 5.56 Å². The van der Waals surface area contributed by atoms with Crippen molar-refractivity contribution >= 4 is 11.9 Å². The molecule has 0 spiro atoms. The third-order valence-electron chi connectivity index (χ3n) is 2.88. The maximum absolute atomic E-state index is 12.8. The molecule has 3 aromatic rings. The Hall–Kier alpha value is -2.95. The van der Waals surface area contributed by atoms with E-state index in [-0.39, 0.29) is 5.82 Å². The topological polar surface area (TPSA) is 50.4 Å². The molecule has 0 saturated carbocycles. The lowest BCUT2D eigenvalue weighted by Gasteiger charge is -2.01. The largest absolute Gasteiger partial charge is 0.444 e. The Balaban J connectivity index is 1.64. The fourth-order valence-electron chi connectivity index (χ4n) is 1.80. The number of hydrazone groups is 1. The second kappa shape index (κ2) is 6.00. The van der Waals surface area contributed by atoms with Gasteiger partial charge in [-0.05, 0) is 42.0 Å². The first-order valence-electron chi connectivity index (χ1n) is 6.35. The highest BCUT2D eigenvalue weighted by molar-refractivity contribution is 5.80. The lowest BCUT2D eigenvalue weighted by atomic mass is 10.2. The Labute approximate surface area is 121 Å². The van der Waals surface area contributed by atoms with Crippen LogP contribution >= 0.6 is 0 Å². The first-order valence-corrected chi connectivity index (χ1v) is 6.35. The minimum absolute atomic E-state index is 0.261. The number of nitrogens with one attached hydrogen (secondary N) is 1. The third kappa shape index (κ3) is 3.33. The van der Waals surface area contributed by atoms with Crippen molar-refractivity contribution in [2.45, 2.75) is 0 Å². The van der Waals surface area contributed by atoms with Crippen LogP contribution in [-0.4, -0.2) is 11.2 Å². The van der Waals surface area contributed by atoms with Gasteiger partial charge < -0.3 is 4.42 Å². The van der Waals surface area contributed by atoms with Gasteiger partial charge in [-0.25, -0.2) is 9.37 Å². The Morgan fingerprint density at radius 1 is 1.05 bits per heavy atom. The number of aromatic nitrogens is 1. The summed E-state index contributed by atoms with van der Waals surface area (Å²) < 4.78 is 18.0. The smallest absolute Gasteiger partial charge is 0.181 e. The molecule has 3 rings (SSSR count). The van der Waals surface area contributed by atoms with E-state index in [9.17, 15) is 4.39 Å². The number of oxazole rings is 1. The van der Waals surface area contributed by atoms with Crippen molar-refractivity contribution in [3.63, 3.8) is 0 Å². The second-order valence-corrected chi connectivity index (χ2v) is 4.36. The molecule has 1 N–H and O–H groups in total. The van der Waals surface area contributed by atoms with Crippen molar-refractivity contribution in [1.82, 2.24) is 4.98 Å². The summed E-state index contributed by atoms with van der Waals surface area (Å²) in [5.41, 5.74) is 5.52. The predicted octanol–water partition coefficient (Wildman–Crippen LogP) is 3.93. The van der Waals surface area contributed by atoms with Crippen LogP contribution in [0.3, 0.4) is 0 Å². The predicted molar refractivity (Wildman–Crippen MR) is 79.6 cm³/mol. The highest BCUT2D eigenvalue weighted by Gasteiger charge is 2.00. The van der Waals surface area contributed by atoms with Crippen LogP contribution < -0.4 is 5.43 Å². The summed E-state index contributed by atoms with van der Waals surface area (Å²) in [4.78, 5) is 3.88. The molecule has 21 heavy (non-hydrogen) atoms. The van der Waals surface area contributed by atoms with Gasteiger partial charge in [-0.15, -0.1) is 0 Å². The molecule has 1 heterocycles. The van der Waals surface area contributed by atoms with E-state index in [0.717, 1.165) is 22.6 Å².